The minimum Gasteiger partial charge on any atom is -0.384 e. The number of hydrogen-bond acceptors (Lipinski definition) is 6. The van der Waals surface area contributed by atoms with Gasteiger partial charge in [0.15, 0.2) is 5.82 Å². The Balaban J connectivity index is 1.70. The van der Waals surface area contributed by atoms with Crippen molar-refractivity contribution in [3.8, 4) is 11.5 Å². The number of H-pyrrole nitrogens is 1. The molecule has 1 fully saturated rings. The van der Waals surface area contributed by atoms with Gasteiger partial charge in [0.05, 0.1) is 24.9 Å². The summed E-state index contributed by atoms with van der Waals surface area (Å²) in [7, 11) is 1.59. The van der Waals surface area contributed by atoms with Gasteiger partial charge in [-0.3, -0.25) is 14.6 Å². The molecule has 1 N–H and O–H groups in total. The largest absolute Gasteiger partial charge is 0.384 e. The summed E-state index contributed by atoms with van der Waals surface area (Å²) >= 11 is 0. The Morgan fingerprint density at radius 2 is 2.16 bits per heavy atom. The van der Waals surface area contributed by atoms with Crippen molar-refractivity contribution >= 4 is 5.91 Å². The number of piperidine rings is 1. The van der Waals surface area contributed by atoms with E-state index in [0.717, 1.165) is 18.5 Å². The molecule has 0 bridgehead atoms. The number of hydrogen-bond donors (Lipinski definition) is 1. The Labute approximate surface area is 145 Å². The van der Waals surface area contributed by atoms with Crippen molar-refractivity contribution in [2.24, 2.45) is 0 Å². The number of amides is 1. The fourth-order valence-corrected chi connectivity index (χ4v) is 3.00. The first-order valence-corrected chi connectivity index (χ1v) is 8.31. The second-order valence-corrected chi connectivity index (χ2v) is 6.01. The smallest absolute Gasteiger partial charge is 0.251 e. The van der Waals surface area contributed by atoms with Gasteiger partial charge >= 0.3 is 0 Å². The fourth-order valence-electron chi connectivity index (χ4n) is 3.00. The molecule has 0 aliphatic carbocycles. The number of methoxy groups -OCH3 is 1. The standard InChI is InChI=1S/C17H21N5O3/c1-25-9-4-16(24)22-7-2-12(3-8-22)13-10-15(23)21-17(20-13)14-11-18-5-6-19-14/h5-6,10-12H,2-4,7-9H2,1H3,(H,20,21,23). The Hall–Kier alpha value is -2.61. The molecule has 8 heteroatoms. The van der Waals surface area contributed by atoms with Crippen LogP contribution < -0.4 is 5.56 Å². The van der Waals surface area contributed by atoms with Crippen LogP contribution in [-0.2, 0) is 9.53 Å². The minimum absolute atomic E-state index is 0.111. The number of carbonyl (C=O) groups excluding carboxylic acids is 1. The molecule has 3 heterocycles. The lowest BCUT2D eigenvalue weighted by Crippen LogP contribution is -2.38. The molecule has 2 aromatic rings. The van der Waals surface area contributed by atoms with Crippen LogP contribution in [0.3, 0.4) is 0 Å². The van der Waals surface area contributed by atoms with Gasteiger partial charge in [-0.05, 0) is 12.8 Å². The highest BCUT2D eigenvalue weighted by Gasteiger charge is 2.25. The molecule has 8 nitrogen and oxygen atoms in total. The van der Waals surface area contributed by atoms with E-state index in [0.29, 0.717) is 37.6 Å². The summed E-state index contributed by atoms with van der Waals surface area (Å²) in [6, 6.07) is 1.53. The van der Waals surface area contributed by atoms with Crippen LogP contribution in [0.25, 0.3) is 11.5 Å². The van der Waals surface area contributed by atoms with Gasteiger partial charge in [-0.15, -0.1) is 0 Å². The van der Waals surface area contributed by atoms with Gasteiger partial charge in [0.25, 0.3) is 5.56 Å². The topological polar surface area (TPSA) is 101 Å². The zero-order chi connectivity index (χ0) is 17.6. The molecular formula is C17H21N5O3. The van der Waals surface area contributed by atoms with Crippen LogP contribution in [0.15, 0.2) is 29.5 Å². The van der Waals surface area contributed by atoms with Crippen LogP contribution in [0.1, 0.15) is 30.9 Å². The predicted octanol–water partition coefficient (Wildman–Crippen LogP) is 0.969. The summed E-state index contributed by atoms with van der Waals surface area (Å²) in [6.45, 7) is 1.78. The Morgan fingerprint density at radius 1 is 1.36 bits per heavy atom. The number of ether oxygens (including phenoxy) is 1. The zero-order valence-electron chi connectivity index (χ0n) is 14.1. The number of rotatable bonds is 5. The van der Waals surface area contributed by atoms with Gasteiger partial charge in [0.2, 0.25) is 5.91 Å². The van der Waals surface area contributed by atoms with E-state index in [4.69, 9.17) is 4.74 Å². The second-order valence-electron chi connectivity index (χ2n) is 6.01. The molecule has 1 aliphatic heterocycles. The van der Waals surface area contributed by atoms with Crippen LogP contribution in [0.4, 0.5) is 0 Å². The van der Waals surface area contributed by atoms with E-state index in [1.807, 2.05) is 4.90 Å². The van der Waals surface area contributed by atoms with Crippen LogP contribution in [0.5, 0.6) is 0 Å². The summed E-state index contributed by atoms with van der Waals surface area (Å²) in [6.07, 6.45) is 6.68. The van der Waals surface area contributed by atoms with Gasteiger partial charge < -0.3 is 14.6 Å². The lowest BCUT2D eigenvalue weighted by Gasteiger charge is -2.31. The van der Waals surface area contributed by atoms with Gasteiger partial charge in [0.1, 0.15) is 5.69 Å². The maximum atomic E-state index is 12.1. The molecule has 0 spiro atoms. The molecule has 0 unspecified atom stereocenters. The van der Waals surface area contributed by atoms with Crippen molar-refractivity contribution in [3.63, 3.8) is 0 Å². The normalized spacial score (nSPS) is 15.3. The lowest BCUT2D eigenvalue weighted by atomic mass is 9.93. The number of aromatic nitrogens is 4. The zero-order valence-corrected chi connectivity index (χ0v) is 14.1. The summed E-state index contributed by atoms with van der Waals surface area (Å²) in [5, 5.41) is 0. The Bertz CT molecular complexity index is 769. The molecular weight excluding hydrogens is 322 g/mol. The van der Waals surface area contributed by atoms with E-state index >= 15 is 0 Å². The minimum atomic E-state index is -0.204. The number of nitrogens with one attached hydrogen (secondary N) is 1. The van der Waals surface area contributed by atoms with Crippen molar-refractivity contribution in [2.75, 3.05) is 26.8 Å². The van der Waals surface area contributed by atoms with Crippen LogP contribution >= 0.6 is 0 Å². The highest BCUT2D eigenvalue weighted by molar-refractivity contribution is 5.76. The van der Waals surface area contributed by atoms with E-state index in [1.165, 1.54) is 6.07 Å². The van der Waals surface area contributed by atoms with Crippen LogP contribution in [0, 0.1) is 0 Å². The Morgan fingerprint density at radius 3 is 2.84 bits per heavy atom. The average molecular weight is 343 g/mol. The summed E-state index contributed by atoms with van der Waals surface area (Å²) in [5.74, 6) is 0.692. The van der Waals surface area contributed by atoms with Crippen molar-refractivity contribution < 1.29 is 9.53 Å². The van der Waals surface area contributed by atoms with E-state index in [-0.39, 0.29) is 17.4 Å². The van der Waals surface area contributed by atoms with Gasteiger partial charge in [-0.2, -0.15) is 0 Å². The first-order chi connectivity index (χ1) is 12.2. The molecule has 3 rings (SSSR count). The maximum Gasteiger partial charge on any atom is 0.251 e. The SMILES string of the molecule is COCCC(=O)N1CCC(c2cc(=O)[nH]c(-c3cnccn3)n2)CC1. The molecule has 0 radical (unpaired) electrons. The van der Waals surface area contributed by atoms with Gasteiger partial charge in [-0.1, -0.05) is 0 Å². The number of likely N-dealkylation sites (tertiary alicyclic amines) is 1. The molecule has 132 valence electrons. The van der Waals surface area contributed by atoms with E-state index in [9.17, 15) is 9.59 Å². The number of nitrogens with zero attached hydrogens (tertiary/aromatic N) is 4. The first-order valence-electron chi connectivity index (χ1n) is 8.31. The monoisotopic (exact) mass is 343 g/mol. The molecule has 0 aromatic carbocycles. The summed E-state index contributed by atoms with van der Waals surface area (Å²) in [4.78, 5) is 41.4. The van der Waals surface area contributed by atoms with Crippen molar-refractivity contribution in [2.45, 2.75) is 25.2 Å². The highest BCUT2D eigenvalue weighted by Crippen LogP contribution is 2.27. The van der Waals surface area contributed by atoms with Gasteiger partial charge in [0, 0.05) is 44.6 Å². The lowest BCUT2D eigenvalue weighted by molar-refractivity contribution is -0.133. The van der Waals surface area contributed by atoms with E-state index in [2.05, 4.69) is 19.9 Å². The molecule has 0 saturated carbocycles. The van der Waals surface area contributed by atoms with Crippen LogP contribution in [-0.4, -0.2) is 57.5 Å². The third-order valence-electron chi connectivity index (χ3n) is 4.35. The number of carbonyl (C=O) groups is 1. The highest BCUT2D eigenvalue weighted by atomic mass is 16.5. The number of aromatic amines is 1. The fraction of sp³-hybridized carbons (Fsp3) is 0.471. The quantitative estimate of drug-likeness (QED) is 0.868. The third-order valence-corrected chi connectivity index (χ3v) is 4.35. The summed E-state index contributed by atoms with van der Waals surface area (Å²) in [5.41, 5.74) is 1.08. The van der Waals surface area contributed by atoms with Crippen molar-refractivity contribution in [3.05, 3.63) is 40.7 Å². The molecule has 0 atom stereocenters. The predicted molar refractivity (Wildman–Crippen MR) is 90.9 cm³/mol. The third kappa shape index (κ3) is 4.27. The molecule has 1 amide bonds. The van der Waals surface area contributed by atoms with Crippen LogP contribution in [0.2, 0.25) is 0 Å². The maximum absolute atomic E-state index is 12.1. The van der Waals surface area contributed by atoms with E-state index in [1.54, 1.807) is 25.7 Å². The van der Waals surface area contributed by atoms with Gasteiger partial charge in [-0.25, -0.2) is 9.97 Å². The molecule has 2 aromatic heterocycles. The molecule has 25 heavy (non-hydrogen) atoms. The van der Waals surface area contributed by atoms with E-state index < -0.39 is 0 Å². The molecule has 1 aliphatic rings. The second kappa shape index (κ2) is 7.98. The first kappa shape index (κ1) is 17.2. The molecule has 1 saturated heterocycles. The Kier molecular flexibility index (Phi) is 5.49. The van der Waals surface area contributed by atoms with Crippen molar-refractivity contribution in [1.29, 1.82) is 0 Å². The van der Waals surface area contributed by atoms with Crippen molar-refractivity contribution in [1.82, 2.24) is 24.8 Å². The average Bonchev–Trinajstić information content (AvgIpc) is 2.66. The summed E-state index contributed by atoms with van der Waals surface area (Å²) < 4.78 is 4.96.